The van der Waals surface area contributed by atoms with Gasteiger partial charge in [0.25, 0.3) is 0 Å². The molecule has 0 radical (unpaired) electrons. The first-order valence-corrected chi connectivity index (χ1v) is 12.4. The molecule has 0 saturated heterocycles. The summed E-state index contributed by atoms with van der Waals surface area (Å²) in [7, 11) is -3.51. The molecule has 0 aliphatic rings. The maximum atomic E-state index is 13.0. The van der Waals surface area contributed by atoms with E-state index in [4.69, 9.17) is 0 Å². The molecule has 2 aromatic rings. The molecule has 0 unspecified atom stereocenters. The third-order valence-electron chi connectivity index (χ3n) is 5.01. The SMILES string of the molecule is CCCCN(CCCC)S(=O)(=O)c1ccc(NC(=O)CCCc2ccccc2)cc1. The Kier molecular flexibility index (Phi) is 10.0. The van der Waals surface area contributed by atoms with E-state index < -0.39 is 10.0 Å². The fourth-order valence-corrected chi connectivity index (χ4v) is 4.72. The van der Waals surface area contributed by atoms with Crippen molar-refractivity contribution in [1.82, 2.24) is 4.31 Å². The number of hydrogen-bond acceptors (Lipinski definition) is 3. The summed E-state index contributed by atoms with van der Waals surface area (Å²) in [6.45, 7) is 5.20. The number of rotatable bonds is 13. The Morgan fingerprint density at radius 3 is 2.03 bits per heavy atom. The third-order valence-corrected chi connectivity index (χ3v) is 6.92. The van der Waals surface area contributed by atoms with Crippen LogP contribution in [0.15, 0.2) is 59.5 Å². The minimum Gasteiger partial charge on any atom is -0.326 e. The van der Waals surface area contributed by atoms with Crippen molar-refractivity contribution in [1.29, 1.82) is 0 Å². The number of carbonyl (C=O) groups is 1. The van der Waals surface area contributed by atoms with Gasteiger partial charge in [-0.2, -0.15) is 4.31 Å². The number of carbonyl (C=O) groups excluding carboxylic acids is 1. The van der Waals surface area contributed by atoms with E-state index in [1.807, 2.05) is 18.2 Å². The van der Waals surface area contributed by atoms with Gasteiger partial charge in [-0.15, -0.1) is 0 Å². The van der Waals surface area contributed by atoms with Gasteiger partial charge in [0.05, 0.1) is 4.90 Å². The average Bonchev–Trinajstić information content (AvgIpc) is 2.75. The van der Waals surface area contributed by atoms with Gasteiger partial charge in [-0.25, -0.2) is 8.42 Å². The van der Waals surface area contributed by atoms with Gasteiger partial charge in [-0.1, -0.05) is 57.0 Å². The van der Waals surface area contributed by atoms with Crippen LogP contribution >= 0.6 is 0 Å². The predicted octanol–water partition coefficient (Wildman–Crippen LogP) is 5.24. The van der Waals surface area contributed by atoms with Crippen LogP contribution in [0.5, 0.6) is 0 Å². The molecule has 0 fully saturated rings. The normalized spacial score (nSPS) is 11.6. The molecule has 0 heterocycles. The van der Waals surface area contributed by atoms with Crippen molar-refractivity contribution in [3.8, 4) is 0 Å². The minimum absolute atomic E-state index is 0.0611. The number of amides is 1. The Morgan fingerprint density at radius 2 is 1.47 bits per heavy atom. The lowest BCUT2D eigenvalue weighted by molar-refractivity contribution is -0.116. The zero-order valence-electron chi connectivity index (χ0n) is 18.1. The van der Waals surface area contributed by atoms with Crippen LogP contribution in [0.25, 0.3) is 0 Å². The molecule has 30 heavy (non-hydrogen) atoms. The molecule has 1 N–H and O–H groups in total. The van der Waals surface area contributed by atoms with Gasteiger partial charge in [-0.05, 0) is 55.5 Å². The van der Waals surface area contributed by atoms with Crippen molar-refractivity contribution in [3.05, 3.63) is 60.2 Å². The highest BCUT2D eigenvalue weighted by molar-refractivity contribution is 7.89. The summed E-state index contributed by atoms with van der Waals surface area (Å²) in [6, 6.07) is 16.6. The summed E-state index contributed by atoms with van der Waals surface area (Å²) in [4.78, 5) is 12.5. The van der Waals surface area contributed by atoms with Gasteiger partial charge in [0.1, 0.15) is 0 Å². The fourth-order valence-electron chi connectivity index (χ4n) is 3.20. The van der Waals surface area contributed by atoms with E-state index in [0.717, 1.165) is 38.5 Å². The van der Waals surface area contributed by atoms with Crippen molar-refractivity contribution in [2.75, 3.05) is 18.4 Å². The first kappa shape index (κ1) is 24.1. The summed E-state index contributed by atoms with van der Waals surface area (Å²) in [5, 5.41) is 2.86. The largest absolute Gasteiger partial charge is 0.326 e. The smallest absolute Gasteiger partial charge is 0.243 e. The number of benzene rings is 2. The van der Waals surface area contributed by atoms with E-state index in [2.05, 4.69) is 31.3 Å². The first-order valence-electron chi connectivity index (χ1n) is 10.9. The Labute approximate surface area is 181 Å². The Bertz CT molecular complexity index is 857. The van der Waals surface area contributed by atoms with Crippen LogP contribution < -0.4 is 5.32 Å². The lowest BCUT2D eigenvalue weighted by Crippen LogP contribution is -2.33. The molecule has 0 aromatic heterocycles. The predicted molar refractivity (Wildman–Crippen MR) is 123 cm³/mol. The van der Waals surface area contributed by atoms with Gasteiger partial charge < -0.3 is 5.32 Å². The average molecular weight is 431 g/mol. The zero-order chi connectivity index (χ0) is 21.8. The van der Waals surface area contributed by atoms with Gasteiger partial charge >= 0.3 is 0 Å². The van der Waals surface area contributed by atoms with Gasteiger partial charge in [0.2, 0.25) is 15.9 Å². The molecular weight excluding hydrogens is 396 g/mol. The lowest BCUT2D eigenvalue weighted by atomic mass is 10.1. The number of nitrogens with zero attached hydrogens (tertiary/aromatic N) is 1. The molecule has 2 aromatic carbocycles. The van der Waals surface area contributed by atoms with Crippen molar-refractivity contribution >= 4 is 21.6 Å². The summed E-state index contributed by atoms with van der Waals surface area (Å²) in [5.74, 6) is -0.0611. The van der Waals surface area contributed by atoms with E-state index >= 15 is 0 Å². The second kappa shape index (κ2) is 12.5. The number of nitrogens with one attached hydrogen (secondary N) is 1. The van der Waals surface area contributed by atoms with Crippen LogP contribution in [0.2, 0.25) is 0 Å². The van der Waals surface area contributed by atoms with Crippen molar-refractivity contribution < 1.29 is 13.2 Å². The summed E-state index contributed by atoms with van der Waals surface area (Å²) in [5.41, 5.74) is 1.84. The fraction of sp³-hybridized carbons (Fsp3) is 0.458. The maximum Gasteiger partial charge on any atom is 0.243 e. The van der Waals surface area contributed by atoms with E-state index in [0.29, 0.717) is 25.2 Å². The number of hydrogen-bond donors (Lipinski definition) is 1. The molecule has 0 saturated carbocycles. The van der Waals surface area contributed by atoms with E-state index in [-0.39, 0.29) is 10.8 Å². The first-order chi connectivity index (χ1) is 14.5. The Hall–Kier alpha value is -2.18. The van der Waals surface area contributed by atoms with E-state index in [1.54, 1.807) is 28.6 Å². The minimum atomic E-state index is -3.51. The van der Waals surface area contributed by atoms with Crippen molar-refractivity contribution in [2.24, 2.45) is 0 Å². The van der Waals surface area contributed by atoms with Crippen LogP contribution in [0.1, 0.15) is 57.9 Å². The monoisotopic (exact) mass is 430 g/mol. The van der Waals surface area contributed by atoms with Gasteiger partial charge in [0.15, 0.2) is 0 Å². The van der Waals surface area contributed by atoms with Gasteiger partial charge in [0, 0.05) is 25.2 Å². The second-order valence-electron chi connectivity index (χ2n) is 7.52. The maximum absolute atomic E-state index is 13.0. The Morgan fingerprint density at radius 1 is 0.867 bits per heavy atom. The third kappa shape index (κ3) is 7.58. The molecule has 0 atom stereocenters. The molecule has 164 valence electrons. The molecular formula is C24H34N2O3S. The molecule has 0 aliphatic heterocycles. The quantitative estimate of drug-likeness (QED) is 0.473. The van der Waals surface area contributed by atoms with E-state index in [9.17, 15) is 13.2 Å². The molecule has 0 aliphatic carbocycles. The summed E-state index contributed by atoms with van der Waals surface area (Å²) >= 11 is 0. The highest BCUT2D eigenvalue weighted by Crippen LogP contribution is 2.20. The molecule has 6 heteroatoms. The highest BCUT2D eigenvalue weighted by atomic mass is 32.2. The zero-order valence-corrected chi connectivity index (χ0v) is 19.0. The Balaban J connectivity index is 1.92. The summed E-state index contributed by atoms with van der Waals surface area (Å²) < 4.78 is 27.6. The van der Waals surface area contributed by atoms with Crippen LogP contribution in [-0.4, -0.2) is 31.7 Å². The molecule has 0 spiro atoms. The van der Waals surface area contributed by atoms with Crippen LogP contribution in [0.4, 0.5) is 5.69 Å². The number of anilines is 1. The van der Waals surface area contributed by atoms with Crippen molar-refractivity contribution in [2.45, 2.75) is 63.7 Å². The van der Waals surface area contributed by atoms with Crippen LogP contribution in [0.3, 0.4) is 0 Å². The van der Waals surface area contributed by atoms with Crippen LogP contribution in [0, 0.1) is 0 Å². The molecule has 0 bridgehead atoms. The second-order valence-corrected chi connectivity index (χ2v) is 9.46. The molecule has 5 nitrogen and oxygen atoms in total. The van der Waals surface area contributed by atoms with Gasteiger partial charge in [-0.3, -0.25) is 4.79 Å². The standard InChI is InChI=1S/C24H34N2O3S/c1-3-5-19-26(20-6-4-2)30(28,29)23-17-15-22(16-18-23)25-24(27)14-10-13-21-11-8-7-9-12-21/h7-9,11-12,15-18H,3-6,10,13-14,19-20H2,1-2H3,(H,25,27). The lowest BCUT2D eigenvalue weighted by Gasteiger charge is -2.22. The summed E-state index contributed by atoms with van der Waals surface area (Å²) in [6.07, 6.45) is 5.65. The van der Waals surface area contributed by atoms with E-state index in [1.165, 1.54) is 5.56 Å². The number of unbranched alkanes of at least 4 members (excludes halogenated alkanes) is 2. The molecule has 1 amide bonds. The molecule has 2 rings (SSSR count). The van der Waals surface area contributed by atoms with Crippen LogP contribution in [-0.2, 0) is 21.2 Å². The number of aryl methyl sites for hydroxylation is 1. The topological polar surface area (TPSA) is 66.5 Å². The van der Waals surface area contributed by atoms with Crippen molar-refractivity contribution in [3.63, 3.8) is 0 Å². The highest BCUT2D eigenvalue weighted by Gasteiger charge is 2.23. The number of sulfonamides is 1.